The molecule has 3 N–H and O–H groups in total. The lowest BCUT2D eigenvalue weighted by Crippen LogP contribution is -2.48. The number of carbonyl (C=O) groups excluding carboxylic acids is 2. The quantitative estimate of drug-likeness (QED) is 0.497. The molecule has 0 radical (unpaired) electrons. The van der Waals surface area contributed by atoms with Crippen LogP contribution in [0.4, 0.5) is 18.9 Å². The second-order valence-corrected chi connectivity index (χ2v) is 11.7. The summed E-state index contributed by atoms with van der Waals surface area (Å²) in [6.45, 7) is 10.6. The number of hydrogen-bond acceptors (Lipinski definition) is 5. The third-order valence-corrected chi connectivity index (χ3v) is 7.94. The number of benzene rings is 2. The van der Waals surface area contributed by atoms with E-state index in [0.717, 1.165) is 30.3 Å². The molecule has 10 heteroatoms. The molecule has 0 saturated carbocycles. The van der Waals surface area contributed by atoms with Gasteiger partial charge in [0.1, 0.15) is 0 Å². The van der Waals surface area contributed by atoms with Gasteiger partial charge in [-0.15, -0.1) is 0 Å². The maximum Gasteiger partial charge on any atom is 0.416 e. The predicted octanol–water partition coefficient (Wildman–Crippen LogP) is 4.52. The van der Waals surface area contributed by atoms with Gasteiger partial charge in [0.25, 0.3) is 5.91 Å². The number of likely N-dealkylation sites (N-methyl/N-ethyl adjacent to an activating group) is 1. The van der Waals surface area contributed by atoms with Gasteiger partial charge in [0.05, 0.1) is 11.6 Å². The summed E-state index contributed by atoms with van der Waals surface area (Å²) in [5, 5.41) is 2.66. The van der Waals surface area contributed by atoms with Crippen molar-refractivity contribution in [2.75, 3.05) is 45.1 Å². The maximum atomic E-state index is 14.0. The molecule has 1 fully saturated rings. The van der Waals surface area contributed by atoms with Crippen LogP contribution in [0.5, 0.6) is 0 Å². The van der Waals surface area contributed by atoms with E-state index in [0.29, 0.717) is 44.1 Å². The Hall–Kier alpha value is -2.95. The lowest BCUT2D eigenvalue weighted by molar-refractivity contribution is -0.138. The molecule has 4 rings (SSSR count). The van der Waals surface area contributed by atoms with E-state index < -0.39 is 23.7 Å². The molecule has 40 heavy (non-hydrogen) atoms. The summed E-state index contributed by atoms with van der Waals surface area (Å²) < 4.78 is 42.0. The molecule has 1 saturated heterocycles. The smallest absolute Gasteiger partial charge is 0.368 e. The number of piperazine rings is 1. The van der Waals surface area contributed by atoms with Crippen molar-refractivity contribution in [3.05, 3.63) is 64.2 Å². The van der Waals surface area contributed by atoms with E-state index in [1.807, 2.05) is 31.9 Å². The molecule has 1 unspecified atom stereocenters. The van der Waals surface area contributed by atoms with Crippen molar-refractivity contribution >= 4 is 17.5 Å². The molecule has 2 aromatic carbocycles. The van der Waals surface area contributed by atoms with Gasteiger partial charge in [-0.1, -0.05) is 32.9 Å². The van der Waals surface area contributed by atoms with Crippen molar-refractivity contribution in [2.45, 2.75) is 58.4 Å². The van der Waals surface area contributed by atoms with Gasteiger partial charge in [-0.05, 0) is 66.3 Å². The topological polar surface area (TPSA) is 81.9 Å². The summed E-state index contributed by atoms with van der Waals surface area (Å²) in [7, 11) is 2.00. The largest absolute Gasteiger partial charge is 0.416 e. The molecule has 2 aliphatic rings. The number of halogens is 3. The van der Waals surface area contributed by atoms with Crippen molar-refractivity contribution in [2.24, 2.45) is 11.7 Å². The molecule has 2 atom stereocenters. The molecule has 0 aliphatic carbocycles. The van der Waals surface area contributed by atoms with Crippen LogP contribution in [0, 0.1) is 5.92 Å². The van der Waals surface area contributed by atoms with Gasteiger partial charge in [-0.25, -0.2) is 0 Å². The average molecular weight is 560 g/mol. The van der Waals surface area contributed by atoms with Crippen molar-refractivity contribution in [1.29, 1.82) is 0 Å². The first-order valence-electron chi connectivity index (χ1n) is 13.9. The first-order valence-corrected chi connectivity index (χ1v) is 13.9. The van der Waals surface area contributed by atoms with E-state index in [4.69, 9.17) is 5.73 Å². The first kappa shape index (κ1) is 30.0. The lowest BCUT2D eigenvalue weighted by atomic mass is 9.88. The molecule has 2 heterocycles. The van der Waals surface area contributed by atoms with Gasteiger partial charge >= 0.3 is 6.18 Å². The summed E-state index contributed by atoms with van der Waals surface area (Å²) in [6, 6.07) is 8.98. The molecule has 0 spiro atoms. The number of carbonyl (C=O) groups is 2. The van der Waals surface area contributed by atoms with Gasteiger partial charge in [0.15, 0.2) is 0 Å². The fraction of sp³-hybridized carbons (Fsp3) is 0.533. The highest BCUT2D eigenvalue weighted by molar-refractivity contribution is 6.04. The first-order chi connectivity index (χ1) is 18.8. The van der Waals surface area contributed by atoms with Crippen molar-refractivity contribution in [3.63, 3.8) is 0 Å². The number of hydrogen-bond donors (Lipinski definition) is 2. The van der Waals surface area contributed by atoms with Crippen LogP contribution < -0.4 is 11.1 Å². The Morgan fingerprint density at radius 1 is 1.07 bits per heavy atom. The van der Waals surface area contributed by atoms with Gasteiger partial charge in [-0.3, -0.25) is 19.4 Å². The fourth-order valence-electron chi connectivity index (χ4n) is 5.73. The minimum absolute atomic E-state index is 0.0953. The molecule has 2 amide bonds. The second kappa shape index (κ2) is 12.3. The van der Waals surface area contributed by atoms with Crippen LogP contribution in [-0.4, -0.2) is 72.3 Å². The summed E-state index contributed by atoms with van der Waals surface area (Å²) in [6.07, 6.45) is -3.90. The third-order valence-electron chi connectivity index (χ3n) is 7.94. The Morgan fingerprint density at radius 3 is 2.40 bits per heavy atom. The standard InChI is InChI=1S/C30H40F3N5O2/c1-19(2)13-27(28(34)39)38-16-20(3)25-8-6-21(14-23(25)18-38)29(40)35-24-7-5-22(26(15-24)30(31,32)33)17-37-11-9-36(4)10-12-37/h5-8,14-15,19-20,27H,9-13,16-18H2,1-4H3,(H2,34,39)(H,35,40)/t20-,27?/m0/s1. The highest BCUT2D eigenvalue weighted by Crippen LogP contribution is 2.35. The van der Waals surface area contributed by atoms with E-state index >= 15 is 0 Å². The maximum absolute atomic E-state index is 14.0. The van der Waals surface area contributed by atoms with Crippen molar-refractivity contribution in [3.8, 4) is 0 Å². The Kier molecular flexibility index (Phi) is 9.22. The fourth-order valence-corrected chi connectivity index (χ4v) is 5.73. The van der Waals surface area contributed by atoms with E-state index in [1.54, 1.807) is 12.1 Å². The minimum atomic E-state index is -4.54. The summed E-state index contributed by atoms with van der Waals surface area (Å²) in [4.78, 5) is 31.6. The molecule has 7 nitrogen and oxygen atoms in total. The normalized spacial score (nSPS) is 19.9. The zero-order valence-corrected chi connectivity index (χ0v) is 23.7. The van der Waals surface area contributed by atoms with Crippen LogP contribution >= 0.6 is 0 Å². The summed E-state index contributed by atoms with van der Waals surface area (Å²) in [5.74, 6) is -0.422. The van der Waals surface area contributed by atoms with E-state index in [9.17, 15) is 22.8 Å². The highest BCUT2D eigenvalue weighted by Gasteiger charge is 2.35. The van der Waals surface area contributed by atoms with Crippen molar-refractivity contribution < 1.29 is 22.8 Å². The molecular weight excluding hydrogens is 519 g/mol. The number of rotatable bonds is 8. The lowest BCUT2D eigenvalue weighted by Gasteiger charge is -2.38. The highest BCUT2D eigenvalue weighted by atomic mass is 19.4. The summed E-state index contributed by atoms with van der Waals surface area (Å²) in [5.41, 5.74) is 7.64. The van der Waals surface area contributed by atoms with Crippen LogP contribution in [0.3, 0.4) is 0 Å². The Balaban J connectivity index is 1.52. The number of nitrogens with zero attached hydrogens (tertiary/aromatic N) is 3. The third kappa shape index (κ3) is 7.21. The molecule has 0 bridgehead atoms. The molecular formula is C30H40F3N5O2. The Morgan fingerprint density at radius 2 is 1.77 bits per heavy atom. The van der Waals surface area contributed by atoms with Gasteiger partial charge in [0.2, 0.25) is 5.91 Å². The van der Waals surface area contributed by atoms with Crippen LogP contribution in [0.2, 0.25) is 0 Å². The van der Waals surface area contributed by atoms with Crippen LogP contribution in [0.15, 0.2) is 36.4 Å². The predicted molar refractivity (Wildman–Crippen MR) is 150 cm³/mol. The van der Waals surface area contributed by atoms with E-state index in [2.05, 4.69) is 22.0 Å². The number of anilines is 1. The van der Waals surface area contributed by atoms with Crippen molar-refractivity contribution in [1.82, 2.24) is 14.7 Å². The molecule has 2 aromatic rings. The van der Waals surface area contributed by atoms with Crippen LogP contribution in [-0.2, 0) is 24.1 Å². The van der Waals surface area contributed by atoms with E-state index in [1.165, 1.54) is 12.1 Å². The Labute approximate surface area is 234 Å². The number of alkyl halides is 3. The van der Waals surface area contributed by atoms with Gasteiger partial charge in [-0.2, -0.15) is 13.2 Å². The second-order valence-electron chi connectivity index (χ2n) is 11.7. The molecule has 2 aliphatic heterocycles. The molecule has 0 aromatic heterocycles. The zero-order valence-electron chi connectivity index (χ0n) is 23.7. The number of nitrogens with two attached hydrogens (primary N) is 1. The van der Waals surface area contributed by atoms with E-state index in [-0.39, 0.29) is 29.6 Å². The minimum Gasteiger partial charge on any atom is -0.368 e. The number of nitrogens with one attached hydrogen (secondary N) is 1. The average Bonchev–Trinajstić information content (AvgIpc) is 2.88. The monoisotopic (exact) mass is 559 g/mol. The van der Waals surface area contributed by atoms with Crippen LogP contribution in [0.1, 0.15) is 65.7 Å². The number of amides is 2. The van der Waals surface area contributed by atoms with Gasteiger partial charge in [0, 0.05) is 57.1 Å². The number of primary amides is 1. The van der Waals surface area contributed by atoms with Crippen LogP contribution in [0.25, 0.3) is 0 Å². The zero-order chi connectivity index (χ0) is 29.2. The SMILES string of the molecule is CC(C)CC(C(N)=O)N1Cc2cc(C(=O)Nc3ccc(CN4CCN(C)CC4)c(C(F)(F)F)c3)ccc2[C@@H](C)C1. The molecule has 218 valence electrons. The summed E-state index contributed by atoms with van der Waals surface area (Å²) >= 11 is 0. The van der Waals surface area contributed by atoms with Gasteiger partial charge < -0.3 is 16.0 Å². The number of fused-ring (bicyclic) bond motifs is 1. The Bertz CT molecular complexity index is 1220.